The van der Waals surface area contributed by atoms with Gasteiger partial charge in [-0.1, -0.05) is 0 Å². The van der Waals surface area contributed by atoms with Gasteiger partial charge in [0, 0.05) is 18.6 Å². The van der Waals surface area contributed by atoms with E-state index in [1.165, 1.54) is 25.7 Å². The van der Waals surface area contributed by atoms with Crippen LogP contribution >= 0.6 is 0 Å². The second-order valence-electron chi connectivity index (χ2n) is 5.43. The molecule has 1 unspecified atom stereocenters. The molecule has 0 aromatic heterocycles. The number of nitrogens with one attached hydrogen (secondary N) is 1. The van der Waals surface area contributed by atoms with Gasteiger partial charge in [0.2, 0.25) is 5.91 Å². The Kier molecular flexibility index (Phi) is 4.40. The predicted molar refractivity (Wildman–Crippen MR) is 66.8 cm³/mol. The smallest absolute Gasteiger partial charge is 0.248 e. The van der Waals surface area contributed by atoms with E-state index >= 15 is 0 Å². The third kappa shape index (κ3) is 3.96. The first-order valence-corrected chi connectivity index (χ1v) is 6.81. The minimum absolute atomic E-state index is 0.129. The number of rotatable bonds is 6. The van der Waals surface area contributed by atoms with Crippen LogP contribution in [-0.2, 0) is 9.53 Å². The first-order valence-electron chi connectivity index (χ1n) is 6.81. The number of hydrogen-bond acceptors (Lipinski definition) is 3. The summed E-state index contributed by atoms with van der Waals surface area (Å²) in [5.74, 6) is 0.162. The summed E-state index contributed by atoms with van der Waals surface area (Å²) in [4.78, 5) is 14.1. The van der Waals surface area contributed by atoms with Crippen LogP contribution in [0.15, 0.2) is 0 Å². The Morgan fingerprint density at radius 2 is 2.18 bits per heavy atom. The van der Waals surface area contributed by atoms with Crippen LogP contribution in [-0.4, -0.2) is 48.7 Å². The molecule has 1 amide bonds. The zero-order valence-corrected chi connectivity index (χ0v) is 10.9. The minimum atomic E-state index is 0.129. The summed E-state index contributed by atoms with van der Waals surface area (Å²) < 4.78 is 5.42. The van der Waals surface area contributed by atoms with Gasteiger partial charge in [0.1, 0.15) is 6.61 Å². The molecule has 0 radical (unpaired) electrons. The Morgan fingerprint density at radius 3 is 2.71 bits per heavy atom. The van der Waals surface area contributed by atoms with Crippen LogP contribution in [0, 0.1) is 0 Å². The molecule has 2 aliphatic rings. The molecule has 0 bridgehead atoms. The standard InChI is InChI=1S/C13H24N2O2/c1-10(2)17-9-13(16)15(12-5-6-12)8-11-4-3-7-14-11/h10-12,14H,3-9H2,1-2H3. The zero-order chi connectivity index (χ0) is 12.3. The van der Waals surface area contributed by atoms with Gasteiger partial charge in [-0.15, -0.1) is 0 Å². The lowest BCUT2D eigenvalue weighted by atomic mass is 10.2. The van der Waals surface area contributed by atoms with Crippen LogP contribution in [0.3, 0.4) is 0 Å². The Morgan fingerprint density at radius 1 is 1.41 bits per heavy atom. The molecule has 1 saturated heterocycles. The maximum absolute atomic E-state index is 12.1. The molecule has 1 aliphatic carbocycles. The van der Waals surface area contributed by atoms with Crippen LogP contribution in [0.1, 0.15) is 39.5 Å². The molecule has 1 heterocycles. The number of hydrogen-bond donors (Lipinski definition) is 1. The highest BCUT2D eigenvalue weighted by Crippen LogP contribution is 2.27. The molecule has 98 valence electrons. The molecule has 4 nitrogen and oxygen atoms in total. The van der Waals surface area contributed by atoms with E-state index in [0.717, 1.165) is 13.1 Å². The van der Waals surface area contributed by atoms with Crippen molar-refractivity contribution in [1.82, 2.24) is 10.2 Å². The van der Waals surface area contributed by atoms with Crippen LogP contribution in [0.5, 0.6) is 0 Å². The van der Waals surface area contributed by atoms with E-state index in [9.17, 15) is 4.79 Å². The molecule has 1 atom stereocenters. The van der Waals surface area contributed by atoms with Crippen molar-refractivity contribution in [3.8, 4) is 0 Å². The van der Waals surface area contributed by atoms with Gasteiger partial charge >= 0.3 is 0 Å². The number of carbonyl (C=O) groups excluding carboxylic acids is 1. The number of amides is 1. The van der Waals surface area contributed by atoms with Crippen LogP contribution in [0.25, 0.3) is 0 Å². The van der Waals surface area contributed by atoms with Gasteiger partial charge in [-0.25, -0.2) is 0 Å². The maximum atomic E-state index is 12.1. The van der Waals surface area contributed by atoms with E-state index in [1.807, 2.05) is 18.7 Å². The molecule has 0 aromatic carbocycles. The molecule has 1 aliphatic heterocycles. The Labute approximate surface area is 104 Å². The van der Waals surface area contributed by atoms with Crippen LogP contribution in [0.2, 0.25) is 0 Å². The predicted octanol–water partition coefficient (Wildman–Crippen LogP) is 1.15. The fourth-order valence-corrected chi connectivity index (χ4v) is 2.31. The number of carbonyl (C=O) groups is 1. The number of nitrogens with zero attached hydrogens (tertiary/aromatic N) is 1. The first kappa shape index (κ1) is 12.8. The SMILES string of the molecule is CC(C)OCC(=O)N(CC1CCCN1)C1CC1. The van der Waals surface area contributed by atoms with Crippen molar-refractivity contribution in [3.05, 3.63) is 0 Å². The van der Waals surface area contributed by atoms with Gasteiger partial charge in [-0.05, 0) is 46.1 Å². The highest BCUT2D eigenvalue weighted by molar-refractivity contribution is 5.78. The van der Waals surface area contributed by atoms with Gasteiger partial charge < -0.3 is 15.0 Å². The monoisotopic (exact) mass is 240 g/mol. The van der Waals surface area contributed by atoms with Gasteiger partial charge in [-0.2, -0.15) is 0 Å². The quantitative estimate of drug-likeness (QED) is 0.757. The van der Waals surface area contributed by atoms with Gasteiger partial charge in [0.25, 0.3) is 0 Å². The van der Waals surface area contributed by atoms with E-state index < -0.39 is 0 Å². The summed E-state index contributed by atoms with van der Waals surface area (Å²) in [6.07, 6.45) is 4.89. The summed E-state index contributed by atoms with van der Waals surface area (Å²) in [5.41, 5.74) is 0. The van der Waals surface area contributed by atoms with E-state index in [4.69, 9.17) is 4.74 Å². The molecule has 1 saturated carbocycles. The average molecular weight is 240 g/mol. The van der Waals surface area contributed by atoms with Crippen molar-refractivity contribution in [2.45, 2.75) is 57.7 Å². The lowest BCUT2D eigenvalue weighted by Gasteiger charge is -2.26. The lowest BCUT2D eigenvalue weighted by Crippen LogP contribution is -2.44. The van der Waals surface area contributed by atoms with E-state index in [1.54, 1.807) is 0 Å². The van der Waals surface area contributed by atoms with E-state index in [0.29, 0.717) is 12.1 Å². The third-order valence-electron chi connectivity index (χ3n) is 3.43. The zero-order valence-electron chi connectivity index (χ0n) is 10.9. The summed E-state index contributed by atoms with van der Waals surface area (Å²) in [6.45, 7) is 6.13. The molecule has 0 aromatic rings. The van der Waals surface area contributed by atoms with Crippen LogP contribution in [0.4, 0.5) is 0 Å². The lowest BCUT2D eigenvalue weighted by molar-refractivity contribution is -0.138. The summed E-state index contributed by atoms with van der Waals surface area (Å²) in [5, 5.41) is 3.45. The topological polar surface area (TPSA) is 41.6 Å². The highest BCUT2D eigenvalue weighted by atomic mass is 16.5. The third-order valence-corrected chi connectivity index (χ3v) is 3.43. The molecule has 4 heteroatoms. The summed E-state index contributed by atoms with van der Waals surface area (Å²) in [7, 11) is 0. The van der Waals surface area contributed by atoms with Crippen molar-refractivity contribution in [3.63, 3.8) is 0 Å². The van der Waals surface area contributed by atoms with E-state index in [2.05, 4.69) is 5.32 Å². The second-order valence-corrected chi connectivity index (χ2v) is 5.43. The average Bonchev–Trinajstić information content (AvgIpc) is 3.00. The normalized spacial score (nSPS) is 24.3. The van der Waals surface area contributed by atoms with Crippen molar-refractivity contribution >= 4 is 5.91 Å². The minimum Gasteiger partial charge on any atom is -0.369 e. The largest absolute Gasteiger partial charge is 0.369 e. The van der Waals surface area contributed by atoms with E-state index in [-0.39, 0.29) is 18.6 Å². The van der Waals surface area contributed by atoms with Crippen molar-refractivity contribution < 1.29 is 9.53 Å². The van der Waals surface area contributed by atoms with Gasteiger partial charge in [0.05, 0.1) is 6.10 Å². The van der Waals surface area contributed by atoms with Crippen molar-refractivity contribution in [2.75, 3.05) is 19.7 Å². The summed E-state index contributed by atoms with van der Waals surface area (Å²) >= 11 is 0. The Balaban J connectivity index is 1.80. The molecule has 17 heavy (non-hydrogen) atoms. The first-order chi connectivity index (χ1) is 8.16. The fraction of sp³-hybridized carbons (Fsp3) is 0.923. The second kappa shape index (κ2) is 5.83. The molecular weight excluding hydrogens is 216 g/mol. The molecule has 2 fully saturated rings. The molecule has 0 spiro atoms. The Bertz CT molecular complexity index is 258. The van der Waals surface area contributed by atoms with Crippen molar-refractivity contribution in [2.24, 2.45) is 0 Å². The Hall–Kier alpha value is -0.610. The van der Waals surface area contributed by atoms with Gasteiger partial charge in [-0.3, -0.25) is 4.79 Å². The fourth-order valence-electron chi connectivity index (χ4n) is 2.31. The highest BCUT2D eigenvalue weighted by Gasteiger charge is 2.34. The van der Waals surface area contributed by atoms with Crippen LogP contribution < -0.4 is 5.32 Å². The van der Waals surface area contributed by atoms with Gasteiger partial charge in [0.15, 0.2) is 0 Å². The molecular formula is C13H24N2O2. The molecule has 2 rings (SSSR count). The maximum Gasteiger partial charge on any atom is 0.248 e. The number of ether oxygens (including phenoxy) is 1. The molecule has 1 N–H and O–H groups in total. The van der Waals surface area contributed by atoms with Crippen molar-refractivity contribution in [1.29, 1.82) is 0 Å². The summed E-state index contributed by atoms with van der Waals surface area (Å²) in [6, 6.07) is 0.985.